The molecule has 0 fully saturated rings. The van der Waals surface area contributed by atoms with Gasteiger partial charge in [0.05, 0.1) is 16.3 Å². The molecule has 0 aromatic heterocycles. The van der Waals surface area contributed by atoms with Gasteiger partial charge in [-0.25, -0.2) is 4.79 Å². The summed E-state index contributed by atoms with van der Waals surface area (Å²) < 4.78 is 21.5. The highest BCUT2D eigenvalue weighted by Gasteiger charge is 2.19. The van der Waals surface area contributed by atoms with Crippen LogP contribution in [-0.4, -0.2) is 44.1 Å². The molecule has 35 heavy (non-hydrogen) atoms. The van der Waals surface area contributed by atoms with Crippen LogP contribution in [0.25, 0.3) is 0 Å². The summed E-state index contributed by atoms with van der Waals surface area (Å²) in [5.41, 5.74) is 0.613. The van der Waals surface area contributed by atoms with Gasteiger partial charge in [0.2, 0.25) is 0 Å². The molecule has 0 saturated heterocycles. The predicted molar refractivity (Wildman–Crippen MR) is 129 cm³/mol. The molecule has 1 aliphatic heterocycles. The number of para-hydroxylation sites is 1. The minimum atomic E-state index is -0.770. The Kier molecular flexibility index (Phi) is 7.74. The fraction of sp³-hybridized carbons (Fsp3) is 0.160. The van der Waals surface area contributed by atoms with Crippen LogP contribution < -0.4 is 19.5 Å². The van der Waals surface area contributed by atoms with Gasteiger partial charge < -0.3 is 24.3 Å². The molecule has 1 heterocycles. The number of nitrogens with one attached hydrogen (secondary N) is 1. The Bertz CT molecular complexity index is 1280. The lowest BCUT2D eigenvalue weighted by atomic mass is 10.1. The van der Waals surface area contributed by atoms with Crippen LogP contribution in [0, 0.1) is 0 Å². The van der Waals surface area contributed by atoms with Crippen molar-refractivity contribution in [3.8, 4) is 17.2 Å². The average Bonchev–Trinajstić information content (AvgIpc) is 2.86. The third-order valence-corrected chi connectivity index (χ3v) is 5.40. The maximum Gasteiger partial charge on any atom is 0.340 e. The summed E-state index contributed by atoms with van der Waals surface area (Å²) in [6.45, 7) is -0.0129. The second kappa shape index (κ2) is 11.1. The van der Waals surface area contributed by atoms with Crippen molar-refractivity contribution >= 4 is 46.5 Å². The molecule has 0 unspecified atom stereocenters. The van der Waals surface area contributed by atoms with E-state index in [4.69, 9.17) is 42.1 Å². The van der Waals surface area contributed by atoms with Gasteiger partial charge in [-0.3, -0.25) is 9.59 Å². The van der Waals surface area contributed by atoms with Crippen LogP contribution in [0.5, 0.6) is 17.2 Å². The van der Waals surface area contributed by atoms with Gasteiger partial charge in [-0.15, -0.1) is 0 Å². The van der Waals surface area contributed by atoms with Gasteiger partial charge >= 0.3 is 5.97 Å². The van der Waals surface area contributed by atoms with Crippen LogP contribution in [-0.2, 0) is 9.53 Å². The molecule has 4 rings (SSSR count). The van der Waals surface area contributed by atoms with Crippen molar-refractivity contribution in [2.24, 2.45) is 0 Å². The first-order valence-corrected chi connectivity index (χ1v) is 11.2. The standard InChI is InChI=1S/C25H19Cl2NO7/c26-16-6-8-21(18(27)12-16)34-14-24(30)28-19-4-2-1-3-17(19)25(31)35-13-20(29)15-5-7-22-23(11-15)33-10-9-32-22/h1-8,11-12H,9-10,13-14H2,(H,28,30). The second-order valence-electron chi connectivity index (χ2n) is 7.31. The molecule has 1 amide bonds. The van der Waals surface area contributed by atoms with Crippen molar-refractivity contribution in [2.75, 3.05) is 31.7 Å². The summed E-state index contributed by atoms with van der Waals surface area (Å²) >= 11 is 11.9. The van der Waals surface area contributed by atoms with Crippen LogP contribution in [0.1, 0.15) is 20.7 Å². The number of Topliss-reactive ketones (excluding diaryl/α,β-unsaturated/α-hetero) is 1. The smallest absolute Gasteiger partial charge is 0.340 e. The van der Waals surface area contributed by atoms with Crippen molar-refractivity contribution in [1.29, 1.82) is 0 Å². The normalized spacial score (nSPS) is 11.9. The summed E-state index contributed by atoms with van der Waals surface area (Å²) in [5.74, 6) is -0.404. The number of anilines is 1. The molecule has 0 bridgehead atoms. The summed E-state index contributed by atoms with van der Waals surface area (Å²) in [4.78, 5) is 37.5. The number of fused-ring (bicyclic) bond motifs is 1. The number of carbonyl (C=O) groups is 3. The highest BCUT2D eigenvalue weighted by molar-refractivity contribution is 6.35. The molecule has 3 aromatic rings. The molecular formula is C25H19Cl2NO7. The number of hydrogen-bond acceptors (Lipinski definition) is 7. The van der Waals surface area contributed by atoms with E-state index in [0.29, 0.717) is 35.3 Å². The fourth-order valence-electron chi connectivity index (χ4n) is 3.20. The lowest BCUT2D eigenvalue weighted by molar-refractivity contribution is -0.118. The van der Waals surface area contributed by atoms with Crippen molar-refractivity contribution in [3.63, 3.8) is 0 Å². The van der Waals surface area contributed by atoms with Crippen molar-refractivity contribution in [3.05, 3.63) is 81.8 Å². The van der Waals surface area contributed by atoms with Gasteiger partial charge in [0, 0.05) is 10.6 Å². The summed E-state index contributed by atoms with van der Waals surface area (Å²) in [6, 6.07) is 15.6. The summed E-state index contributed by atoms with van der Waals surface area (Å²) in [5, 5.41) is 3.29. The van der Waals surface area contributed by atoms with E-state index in [1.54, 1.807) is 42.5 Å². The lowest BCUT2D eigenvalue weighted by Gasteiger charge is -2.18. The zero-order chi connectivity index (χ0) is 24.8. The number of ketones is 1. The van der Waals surface area contributed by atoms with Gasteiger partial charge in [-0.1, -0.05) is 35.3 Å². The van der Waals surface area contributed by atoms with Gasteiger partial charge in [0.15, 0.2) is 30.5 Å². The number of halogens is 2. The average molecular weight is 516 g/mol. The van der Waals surface area contributed by atoms with Crippen LogP contribution in [0.15, 0.2) is 60.7 Å². The lowest BCUT2D eigenvalue weighted by Crippen LogP contribution is -2.22. The molecule has 1 aliphatic rings. The molecule has 8 nitrogen and oxygen atoms in total. The van der Waals surface area contributed by atoms with Crippen LogP contribution in [0.3, 0.4) is 0 Å². The Morgan fingerprint density at radius 2 is 1.66 bits per heavy atom. The Morgan fingerprint density at radius 1 is 0.886 bits per heavy atom. The number of hydrogen-bond donors (Lipinski definition) is 1. The highest BCUT2D eigenvalue weighted by atomic mass is 35.5. The molecule has 10 heteroatoms. The molecule has 0 radical (unpaired) electrons. The Labute approximate surface area is 210 Å². The molecule has 3 aromatic carbocycles. The van der Waals surface area contributed by atoms with E-state index >= 15 is 0 Å². The van der Waals surface area contributed by atoms with E-state index in [2.05, 4.69) is 5.32 Å². The first kappa shape index (κ1) is 24.4. The maximum atomic E-state index is 12.6. The maximum absolute atomic E-state index is 12.6. The fourth-order valence-corrected chi connectivity index (χ4v) is 3.66. The van der Waals surface area contributed by atoms with Gasteiger partial charge in [0.1, 0.15) is 19.0 Å². The first-order chi connectivity index (χ1) is 16.9. The van der Waals surface area contributed by atoms with E-state index in [0.717, 1.165) is 0 Å². The van der Waals surface area contributed by atoms with Crippen molar-refractivity contribution < 1.29 is 33.3 Å². The zero-order valence-electron chi connectivity index (χ0n) is 18.2. The SMILES string of the molecule is O=C(COc1ccc(Cl)cc1Cl)Nc1ccccc1C(=O)OCC(=O)c1ccc2c(c1)OCCO2. The predicted octanol–water partition coefficient (Wildman–Crippen LogP) is 4.82. The first-order valence-electron chi connectivity index (χ1n) is 10.5. The van der Waals surface area contributed by atoms with Crippen molar-refractivity contribution in [2.45, 2.75) is 0 Å². The van der Waals surface area contributed by atoms with Gasteiger partial charge in [0.25, 0.3) is 5.91 Å². The molecule has 0 atom stereocenters. The summed E-state index contributed by atoms with van der Waals surface area (Å²) in [6.07, 6.45) is 0. The zero-order valence-corrected chi connectivity index (χ0v) is 19.7. The molecule has 0 spiro atoms. The van der Waals surface area contributed by atoms with E-state index < -0.39 is 24.3 Å². The highest BCUT2D eigenvalue weighted by Crippen LogP contribution is 2.31. The molecule has 0 aliphatic carbocycles. The number of carbonyl (C=O) groups excluding carboxylic acids is 3. The molecular weight excluding hydrogens is 497 g/mol. The van der Waals surface area contributed by atoms with Crippen molar-refractivity contribution in [1.82, 2.24) is 0 Å². The molecule has 1 N–H and O–H groups in total. The second-order valence-corrected chi connectivity index (χ2v) is 8.16. The third kappa shape index (κ3) is 6.23. The number of rotatable bonds is 8. The summed E-state index contributed by atoms with van der Waals surface area (Å²) in [7, 11) is 0. The quantitative estimate of drug-likeness (QED) is 0.339. The number of amides is 1. The number of esters is 1. The van der Waals surface area contributed by atoms with Gasteiger partial charge in [-0.05, 0) is 48.5 Å². The van der Waals surface area contributed by atoms with Crippen LogP contribution in [0.4, 0.5) is 5.69 Å². The molecule has 0 saturated carbocycles. The number of ether oxygens (including phenoxy) is 4. The Balaban J connectivity index is 1.35. The number of benzene rings is 3. The largest absolute Gasteiger partial charge is 0.486 e. The van der Waals surface area contributed by atoms with E-state index in [-0.39, 0.29) is 28.6 Å². The van der Waals surface area contributed by atoms with E-state index in [9.17, 15) is 14.4 Å². The minimum Gasteiger partial charge on any atom is -0.486 e. The van der Waals surface area contributed by atoms with E-state index in [1.165, 1.54) is 18.2 Å². The monoisotopic (exact) mass is 515 g/mol. The minimum absolute atomic E-state index is 0.0837. The Morgan fingerprint density at radius 3 is 2.46 bits per heavy atom. The van der Waals surface area contributed by atoms with Crippen LogP contribution >= 0.6 is 23.2 Å². The molecule has 180 valence electrons. The third-order valence-electron chi connectivity index (χ3n) is 4.87. The van der Waals surface area contributed by atoms with E-state index in [1.807, 2.05) is 0 Å². The topological polar surface area (TPSA) is 100 Å². The Hall–Kier alpha value is -3.75. The van der Waals surface area contributed by atoms with Crippen LogP contribution in [0.2, 0.25) is 10.0 Å². The van der Waals surface area contributed by atoms with Gasteiger partial charge in [-0.2, -0.15) is 0 Å².